The molecule has 2 heterocycles. The van der Waals surface area contributed by atoms with Crippen LogP contribution in [0.5, 0.6) is 5.75 Å². The fraction of sp³-hybridized carbons (Fsp3) is 0.480. The van der Waals surface area contributed by atoms with Gasteiger partial charge in [0.15, 0.2) is 5.71 Å². The average Bonchev–Trinajstić information content (AvgIpc) is 3.61. The lowest BCUT2D eigenvalue weighted by atomic mass is 9.75. The second-order valence-electron chi connectivity index (χ2n) is 17.8. The first-order valence-electron chi connectivity index (χ1n) is 21.5. The predicted octanol–water partition coefficient (Wildman–Crippen LogP) is 12.3. The summed E-state index contributed by atoms with van der Waals surface area (Å²) in [7, 11) is 1.00. The van der Waals surface area contributed by atoms with Crippen molar-refractivity contribution in [3.63, 3.8) is 0 Å². The summed E-state index contributed by atoms with van der Waals surface area (Å²) in [5.41, 5.74) is 8.12. The molecule has 324 valence electrons. The van der Waals surface area contributed by atoms with Crippen molar-refractivity contribution >= 4 is 59.6 Å². The Morgan fingerprint density at radius 2 is 1.65 bits per heavy atom. The molecule has 0 radical (unpaired) electrons. The number of ketones is 1. The highest BCUT2D eigenvalue weighted by molar-refractivity contribution is 7.94. The van der Waals surface area contributed by atoms with Crippen molar-refractivity contribution in [3.05, 3.63) is 119 Å². The Hall–Kier alpha value is -3.25. The number of anilines is 1. The van der Waals surface area contributed by atoms with E-state index in [4.69, 9.17) is 9.84 Å². The molecule has 10 heteroatoms. The van der Waals surface area contributed by atoms with Crippen LogP contribution in [0.25, 0.3) is 0 Å². The molecular formula is C50H67N2O5S3+. The van der Waals surface area contributed by atoms with Crippen LogP contribution in [-0.4, -0.2) is 68.1 Å². The molecule has 0 saturated heterocycles. The Bertz CT molecular complexity index is 2030. The highest BCUT2D eigenvalue weighted by Gasteiger charge is 2.45. The molecule has 3 aromatic rings. The van der Waals surface area contributed by atoms with Crippen molar-refractivity contribution in [2.24, 2.45) is 11.3 Å². The summed E-state index contributed by atoms with van der Waals surface area (Å²) < 4.78 is 28.8. The third kappa shape index (κ3) is 10.8. The van der Waals surface area contributed by atoms with Gasteiger partial charge in [0.1, 0.15) is 24.2 Å². The van der Waals surface area contributed by atoms with Crippen LogP contribution in [0.4, 0.5) is 11.4 Å². The minimum Gasteiger partial charge on any atom is -0.485 e. The summed E-state index contributed by atoms with van der Waals surface area (Å²) in [5, 5.41) is 7.00. The number of fused-ring (bicyclic) bond motifs is 2. The zero-order chi connectivity index (χ0) is 43.5. The number of aliphatic hydroxyl groups is 1. The van der Waals surface area contributed by atoms with Crippen LogP contribution in [0.3, 0.4) is 0 Å². The number of carbonyl (C=O) groups is 1. The summed E-state index contributed by atoms with van der Waals surface area (Å²) in [6, 6.07) is 25.2. The van der Waals surface area contributed by atoms with Gasteiger partial charge in [0, 0.05) is 95.0 Å². The largest absolute Gasteiger partial charge is 0.485 e. The topological polar surface area (TPSA) is 93.2 Å². The molecule has 1 saturated carbocycles. The molecule has 3 N–H and O–H groups in total. The molecule has 0 bridgehead atoms. The quantitative estimate of drug-likeness (QED) is 0.0461. The molecule has 2 aliphatic heterocycles. The van der Waals surface area contributed by atoms with Crippen molar-refractivity contribution in [1.82, 2.24) is 0 Å². The van der Waals surface area contributed by atoms with Crippen molar-refractivity contribution in [3.8, 4) is 5.75 Å². The molecule has 7 nitrogen and oxygen atoms in total. The number of aliphatic hydroxyl groups excluding tert-OH is 1. The molecule has 6 rings (SSSR count). The normalized spacial score (nSPS) is 22.3. The summed E-state index contributed by atoms with van der Waals surface area (Å²) in [6.45, 7) is 14.8. The van der Waals surface area contributed by atoms with Gasteiger partial charge >= 0.3 is 0 Å². The Labute approximate surface area is 373 Å². The lowest BCUT2D eigenvalue weighted by molar-refractivity contribution is -0.437. The maximum absolute atomic E-state index is 13.1. The van der Waals surface area contributed by atoms with Gasteiger partial charge in [0.05, 0.1) is 5.41 Å². The maximum Gasteiger partial charge on any atom is 0.209 e. The number of ether oxygens (including phenoxy) is 1. The Morgan fingerprint density at radius 1 is 0.950 bits per heavy atom. The SMILES string of the molecule is CC(C)(C)C(=O)CCCC1(C)/C(=C\C=C2/CCCC(/C=C/C3=[N+](CCCS)c4ccccc4C3(C)C)C2Oc2ccc(SO)cc2)N(CCCSO)c2ccccc21.CO. The van der Waals surface area contributed by atoms with Gasteiger partial charge in [0.25, 0.3) is 0 Å². The van der Waals surface area contributed by atoms with Crippen LogP contribution in [0.15, 0.2) is 113 Å². The van der Waals surface area contributed by atoms with E-state index in [0.29, 0.717) is 18.0 Å². The van der Waals surface area contributed by atoms with Gasteiger partial charge in [0.2, 0.25) is 5.69 Å². The van der Waals surface area contributed by atoms with Crippen molar-refractivity contribution < 1.29 is 28.3 Å². The first-order valence-corrected chi connectivity index (χ1v) is 23.8. The van der Waals surface area contributed by atoms with Gasteiger partial charge in [-0.2, -0.15) is 17.2 Å². The van der Waals surface area contributed by atoms with E-state index in [1.54, 1.807) is 0 Å². The zero-order valence-electron chi connectivity index (χ0n) is 36.7. The summed E-state index contributed by atoms with van der Waals surface area (Å²) in [6.07, 6.45) is 16.3. The van der Waals surface area contributed by atoms with Crippen molar-refractivity contribution in [1.29, 1.82) is 0 Å². The molecule has 0 amide bonds. The second-order valence-corrected chi connectivity index (χ2v) is 19.5. The number of nitrogens with zero attached hydrogens (tertiary/aromatic N) is 2. The lowest BCUT2D eigenvalue weighted by Gasteiger charge is -2.33. The summed E-state index contributed by atoms with van der Waals surface area (Å²) >= 11 is 6.21. The molecule has 3 aromatic carbocycles. The molecule has 3 aliphatic rings. The monoisotopic (exact) mass is 871 g/mol. The minimum absolute atomic E-state index is 0.136. The Morgan fingerprint density at radius 3 is 2.33 bits per heavy atom. The maximum atomic E-state index is 13.1. The van der Waals surface area contributed by atoms with E-state index >= 15 is 0 Å². The van der Waals surface area contributed by atoms with E-state index in [9.17, 15) is 13.9 Å². The standard InChI is InChI=1S/C49H62N2O4S3.CH4O/c1-47(2,3)45(52)21-12-30-49(6)40-18-8-10-20-42(40)51(32-14-34-57-53)44(49)29-23-36-16-11-15-35(46(36)55-37-24-26-38(58-54)27-25-37)22-28-43-48(4,5)39-17-7-9-19-41(39)50(43)31-13-33-56;1-2/h7-10,17-20,22-29,35,46H,11-16,21,30-34H2,1-6H3,(H2-,53,54,56);2H,1H3/p+1/b28-22+,36-23+,44-29+;. The third-order valence-corrected chi connectivity index (χ3v) is 13.7. The van der Waals surface area contributed by atoms with E-state index in [0.717, 1.165) is 106 Å². The molecule has 60 heavy (non-hydrogen) atoms. The number of benzene rings is 3. The van der Waals surface area contributed by atoms with Gasteiger partial charge in [-0.3, -0.25) is 4.79 Å². The zero-order valence-corrected chi connectivity index (χ0v) is 39.2. The molecule has 1 fully saturated rings. The van der Waals surface area contributed by atoms with Gasteiger partial charge in [-0.25, -0.2) is 0 Å². The number of carbonyl (C=O) groups excluding carboxylic acids is 1. The van der Waals surface area contributed by atoms with Crippen LogP contribution < -0.4 is 9.64 Å². The van der Waals surface area contributed by atoms with E-state index in [1.807, 2.05) is 45.0 Å². The Balaban J connectivity index is 0.00000336. The van der Waals surface area contributed by atoms with Gasteiger partial charge in [-0.05, 0) is 125 Å². The highest BCUT2D eigenvalue weighted by atomic mass is 32.2. The lowest BCUT2D eigenvalue weighted by Crippen LogP contribution is -2.33. The minimum atomic E-state index is -0.357. The summed E-state index contributed by atoms with van der Waals surface area (Å²) in [5.74, 6) is 2.71. The first-order chi connectivity index (χ1) is 28.8. The van der Waals surface area contributed by atoms with Crippen LogP contribution in [0, 0.1) is 11.3 Å². The highest BCUT2D eigenvalue weighted by Crippen LogP contribution is 2.51. The van der Waals surface area contributed by atoms with Gasteiger partial charge < -0.3 is 23.8 Å². The number of hydrogen-bond acceptors (Lipinski definition) is 9. The molecular weight excluding hydrogens is 805 g/mol. The second kappa shape index (κ2) is 21.7. The number of Topliss-reactive ketones (excluding diaryl/α,β-unsaturated/α-hetero) is 1. The van der Waals surface area contributed by atoms with E-state index < -0.39 is 0 Å². The van der Waals surface area contributed by atoms with Gasteiger partial charge in [-0.1, -0.05) is 69.3 Å². The molecule has 3 atom stereocenters. The van der Waals surface area contributed by atoms with Crippen molar-refractivity contribution in [2.45, 2.75) is 115 Å². The van der Waals surface area contributed by atoms with Gasteiger partial charge in [-0.15, -0.1) is 0 Å². The van der Waals surface area contributed by atoms with Crippen LogP contribution in [-0.2, 0) is 15.6 Å². The Kier molecular flexibility index (Phi) is 17.3. The van der Waals surface area contributed by atoms with Crippen LogP contribution in [0.2, 0.25) is 0 Å². The number of allylic oxidation sites excluding steroid dienone is 4. The molecule has 3 unspecified atom stereocenters. The molecule has 1 aliphatic carbocycles. The average molecular weight is 872 g/mol. The first kappa shape index (κ1) is 47.8. The fourth-order valence-corrected chi connectivity index (χ4v) is 9.83. The van der Waals surface area contributed by atoms with E-state index in [1.165, 1.54) is 39.5 Å². The number of rotatable bonds is 17. The van der Waals surface area contributed by atoms with E-state index in [2.05, 4.69) is 116 Å². The van der Waals surface area contributed by atoms with E-state index in [-0.39, 0.29) is 28.3 Å². The van der Waals surface area contributed by atoms with Crippen molar-refractivity contribution in [2.75, 3.05) is 36.6 Å². The predicted molar refractivity (Wildman–Crippen MR) is 257 cm³/mol. The smallest absolute Gasteiger partial charge is 0.209 e. The van der Waals surface area contributed by atoms with Crippen LogP contribution >= 0.6 is 36.7 Å². The third-order valence-electron chi connectivity index (χ3n) is 12.4. The summed E-state index contributed by atoms with van der Waals surface area (Å²) in [4.78, 5) is 16.3. The number of para-hydroxylation sites is 2. The molecule has 0 aromatic heterocycles. The molecule has 0 spiro atoms. The number of thiol groups is 1. The van der Waals surface area contributed by atoms with Crippen LogP contribution in [0.1, 0.15) is 104 Å². The fourth-order valence-electron chi connectivity index (χ4n) is 9.17. The number of hydrogen-bond donors (Lipinski definition) is 4.